The maximum atomic E-state index is 12.3. The molecule has 0 heterocycles. The highest BCUT2D eigenvalue weighted by molar-refractivity contribution is 7.89. The van der Waals surface area contributed by atoms with Crippen LogP contribution in [0.5, 0.6) is 0 Å². The smallest absolute Gasteiger partial charge is 0.217 e. The molecule has 1 fully saturated rings. The van der Waals surface area contributed by atoms with Gasteiger partial charge >= 0.3 is 0 Å². The van der Waals surface area contributed by atoms with E-state index in [9.17, 15) is 8.42 Å². The molecular formula is C11H24N2O2S. The zero-order valence-electron chi connectivity index (χ0n) is 10.2. The molecular weight excluding hydrogens is 224 g/mol. The van der Waals surface area contributed by atoms with Crippen molar-refractivity contribution in [2.24, 2.45) is 5.73 Å². The molecule has 16 heavy (non-hydrogen) atoms. The van der Waals surface area contributed by atoms with E-state index in [1.165, 1.54) is 0 Å². The van der Waals surface area contributed by atoms with Gasteiger partial charge in [-0.2, -0.15) is 0 Å². The lowest BCUT2D eigenvalue weighted by Gasteiger charge is -2.24. The Labute approximate surface area is 99.2 Å². The van der Waals surface area contributed by atoms with Crippen molar-refractivity contribution in [3.8, 4) is 0 Å². The van der Waals surface area contributed by atoms with Gasteiger partial charge in [0.2, 0.25) is 10.0 Å². The molecule has 2 N–H and O–H groups in total. The average Bonchev–Trinajstić information content (AvgIpc) is 2.77. The van der Waals surface area contributed by atoms with E-state index in [-0.39, 0.29) is 5.25 Å². The van der Waals surface area contributed by atoms with Gasteiger partial charge in [-0.3, -0.25) is 0 Å². The van der Waals surface area contributed by atoms with E-state index < -0.39 is 10.0 Å². The van der Waals surface area contributed by atoms with Gasteiger partial charge in [0.25, 0.3) is 0 Å². The van der Waals surface area contributed by atoms with Gasteiger partial charge in [-0.1, -0.05) is 26.2 Å². The summed E-state index contributed by atoms with van der Waals surface area (Å²) in [6, 6.07) is 0. The molecule has 1 aliphatic carbocycles. The molecule has 0 radical (unpaired) electrons. The number of hydrogen-bond donors (Lipinski definition) is 1. The first-order valence-corrected chi connectivity index (χ1v) is 7.82. The SMILES string of the molecule is CCCCN(CCN)S(=O)(=O)C1CCCC1. The molecule has 1 aliphatic rings. The van der Waals surface area contributed by atoms with Crippen molar-refractivity contribution in [2.75, 3.05) is 19.6 Å². The Balaban J connectivity index is 2.66. The van der Waals surface area contributed by atoms with Crippen LogP contribution in [0.15, 0.2) is 0 Å². The van der Waals surface area contributed by atoms with Gasteiger partial charge in [0.05, 0.1) is 5.25 Å². The standard InChI is InChI=1S/C11H24N2O2S/c1-2-3-9-13(10-8-12)16(14,15)11-6-4-5-7-11/h11H,2-10,12H2,1H3. The minimum atomic E-state index is -3.08. The summed E-state index contributed by atoms with van der Waals surface area (Å²) in [6.45, 7) is 3.59. The van der Waals surface area contributed by atoms with Crippen LogP contribution in [-0.2, 0) is 10.0 Å². The van der Waals surface area contributed by atoms with Crippen LogP contribution >= 0.6 is 0 Å². The van der Waals surface area contributed by atoms with Crippen LogP contribution in [0.25, 0.3) is 0 Å². The van der Waals surface area contributed by atoms with Gasteiger partial charge in [0.15, 0.2) is 0 Å². The molecule has 0 unspecified atom stereocenters. The number of nitrogens with two attached hydrogens (primary N) is 1. The highest BCUT2D eigenvalue weighted by Crippen LogP contribution is 2.27. The van der Waals surface area contributed by atoms with E-state index in [2.05, 4.69) is 6.92 Å². The molecule has 0 aromatic carbocycles. The Kier molecular flexibility index (Phi) is 5.72. The van der Waals surface area contributed by atoms with Gasteiger partial charge < -0.3 is 5.73 Å². The highest BCUT2D eigenvalue weighted by Gasteiger charge is 2.33. The number of sulfonamides is 1. The van der Waals surface area contributed by atoms with E-state index in [0.29, 0.717) is 19.6 Å². The molecule has 1 saturated carbocycles. The Bertz CT molecular complexity index is 284. The zero-order chi connectivity index (χ0) is 12.0. The van der Waals surface area contributed by atoms with Crippen LogP contribution in [-0.4, -0.2) is 37.6 Å². The molecule has 5 heteroatoms. The molecule has 0 bridgehead atoms. The third-order valence-corrected chi connectivity index (χ3v) is 5.62. The average molecular weight is 248 g/mol. The second-order valence-corrected chi connectivity index (χ2v) is 6.71. The van der Waals surface area contributed by atoms with Gasteiger partial charge in [-0.05, 0) is 19.3 Å². The van der Waals surface area contributed by atoms with Crippen molar-refractivity contribution >= 4 is 10.0 Å². The van der Waals surface area contributed by atoms with Crippen LogP contribution in [0.4, 0.5) is 0 Å². The number of unbranched alkanes of at least 4 members (excludes halogenated alkanes) is 1. The molecule has 0 aliphatic heterocycles. The summed E-state index contributed by atoms with van der Waals surface area (Å²) >= 11 is 0. The molecule has 96 valence electrons. The van der Waals surface area contributed by atoms with Crippen LogP contribution in [0.2, 0.25) is 0 Å². The summed E-state index contributed by atoms with van der Waals surface area (Å²) in [5.74, 6) is 0. The van der Waals surface area contributed by atoms with Crippen molar-refractivity contribution in [2.45, 2.75) is 50.7 Å². The van der Waals surface area contributed by atoms with E-state index in [0.717, 1.165) is 38.5 Å². The lowest BCUT2D eigenvalue weighted by Crippen LogP contribution is -2.41. The zero-order valence-corrected chi connectivity index (χ0v) is 11.0. The fourth-order valence-electron chi connectivity index (χ4n) is 2.24. The second kappa shape index (κ2) is 6.57. The Morgan fingerprint density at radius 3 is 2.38 bits per heavy atom. The summed E-state index contributed by atoms with van der Waals surface area (Å²) < 4.78 is 26.2. The Morgan fingerprint density at radius 2 is 1.88 bits per heavy atom. The van der Waals surface area contributed by atoms with E-state index in [1.54, 1.807) is 4.31 Å². The van der Waals surface area contributed by atoms with Crippen molar-refractivity contribution in [3.05, 3.63) is 0 Å². The van der Waals surface area contributed by atoms with E-state index in [1.807, 2.05) is 0 Å². The van der Waals surface area contributed by atoms with Crippen LogP contribution in [0.1, 0.15) is 45.4 Å². The highest BCUT2D eigenvalue weighted by atomic mass is 32.2. The summed E-state index contributed by atoms with van der Waals surface area (Å²) in [7, 11) is -3.08. The third-order valence-electron chi connectivity index (χ3n) is 3.22. The summed E-state index contributed by atoms with van der Waals surface area (Å²) in [5, 5.41) is -0.143. The molecule has 0 spiro atoms. The topological polar surface area (TPSA) is 63.4 Å². The molecule has 0 aromatic rings. The normalized spacial score (nSPS) is 18.4. The number of hydrogen-bond acceptors (Lipinski definition) is 3. The molecule has 0 amide bonds. The first-order chi connectivity index (χ1) is 7.62. The van der Waals surface area contributed by atoms with E-state index >= 15 is 0 Å². The first kappa shape index (κ1) is 13.9. The number of nitrogens with zero attached hydrogens (tertiary/aromatic N) is 1. The Hall–Kier alpha value is -0.130. The van der Waals surface area contributed by atoms with Gasteiger partial charge in [0, 0.05) is 19.6 Å². The van der Waals surface area contributed by atoms with Crippen molar-refractivity contribution in [1.29, 1.82) is 0 Å². The van der Waals surface area contributed by atoms with Crippen LogP contribution in [0, 0.1) is 0 Å². The van der Waals surface area contributed by atoms with E-state index in [4.69, 9.17) is 5.73 Å². The van der Waals surface area contributed by atoms with Crippen LogP contribution in [0.3, 0.4) is 0 Å². The minimum Gasteiger partial charge on any atom is -0.329 e. The lowest BCUT2D eigenvalue weighted by molar-refractivity contribution is 0.402. The maximum Gasteiger partial charge on any atom is 0.217 e. The van der Waals surface area contributed by atoms with Gasteiger partial charge in [-0.25, -0.2) is 12.7 Å². The molecule has 0 saturated heterocycles. The van der Waals surface area contributed by atoms with Gasteiger partial charge in [0.1, 0.15) is 0 Å². The fraction of sp³-hybridized carbons (Fsp3) is 1.00. The number of rotatable bonds is 7. The molecule has 0 atom stereocenters. The first-order valence-electron chi connectivity index (χ1n) is 6.32. The van der Waals surface area contributed by atoms with Crippen molar-refractivity contribution < 1.29 is 8.42 Å². The van der Waals surface area contributed by atoms with Gasteiger partial charge in [-0.15, -0.1) is 0 Å². The monoisotopic (exact) mass is 248 g/mol. The summed E-state index contributed by atoms with van der Waals surface area (Å²) in [6.07, 6.45) is 5.69. The predicted molar refractivity (Wildman–Crippen MR) is 66.7 cm³/mol. The molecule has 4 nitrogen and oxygen atoms in total. The summed E-state index contributed by atoms with van der Waals surface area (Å²) in [5.41, 5.74) is 5.49. The van der Waals surface area contributed by atoms with Crippen molar-refractivity contribution in [3.63, 3.8) is 0 Å². The lowest BCUT2D eigenvalue weighted by atomic mass is 10.3. The maximum absolute atomic E-state index is 12.3. The molecule has 0 aromatic heterocycles. The third kappa shape index (κ3) is 3.43. The quantitative estimate of drug-likeness (QED) is 0.739. The van der Waals surface area contributed by atoms with Crippen molar-refractivity contribution in [1.82, 2.24) is 4.31 Å². The second-order valence-electron chi connectivity index (χ2n) is 4.49. The van der Waals surface area contributed by atoms with Crippen LogP contribution < -0.4 is 5.73 Å². The summed E-state index contributed by atoms with van der Waals surface area (Å²) in [4.78, 5) is 0. The largest absolute Gasteiger partial charge is 0.329 e. The predicted octanol–water partition coefficient (Wildman–Crippen LogP) is 1.32. The molecule has 1 rings (SSSR count). The minimum absolute atomic E-state index is 0.143. The fourth-order valence-corrected chi connectivity index (χ4v) is 4.34. The Morgan fingerprint density at radius 1 is 1.25 bits per heavy atom.